The summed E-state index contributed by atoms with van der Waals surface area (Å²) in [6.45, 7) is 7.43. The minimum absolute atomic E-state index is 0.0546. The molecule has 1 aromatic rings. The van der Waals surface area contributed by atoms with Gasteiger partial charge in [0.15, 0.2) is 9.76 Å². The van der Waals surface area contributed by atoms with Crippen LogP contribution in [0.2, 0.25) is 6.04 Å². The molecule has 0 aliphatic heterocycles. The van der Waals surface area contributed by atoms with Crippen LogP contribution < -0.4 is 5.32 Å². The van der Waals surface area contributed by atoms with Crippen LogP contribution in [0.4, 0.5) is 5.69 Å². The Balaban J connectivity index is 2.01. The van der Waals surface area contributed by atoms with Crippen LogP contribution in [0.25, 0.3) is 0 Å². The molecule has 0 aliphatic carbocycles. The second-order valence-corrected chi connectivity index (χ2v) is 6.36. The zero-order valence-electron chi connectivity index (χ0n) is 10.6. The molecular weight excluding hydrogens is 214 g/mol. The number of benzene rings is 1. The van der Waals surface area contributed by atoms with E-state index in [2.05, 4.69) is 50.4 Å². The molecule has 0 radical (unpaired) electrons. The van der Waals surface area contributed by atoms with Crippen LogP contribution in [0.1, 0.15) is 27.2 Å². The molecule has 0 bridgehead atoms. The van der Waals surface area contributed by atoms with Crippen molar-refractivity contribution in [1.82, 2.24) is 0 Å². The van der Waals surface area contributed by atoms with Gasteiger partial charge in [-0.15, -0.1) is 0 Å². The molecule has 0 saturated carbocycles. The highest BCUT2D eigenvalue weighted by Crippen LogP contribution is 2.08. The summed E-state index contributed by atoms with van der Waals surface area (Å²) in [5.74, 6) is 0. The number of anilines is 1. The molecule has 0 unspecified atom stereocenters. The van der Waals surface area contributed by atoms with Crippen molar-refractivity contribution in [2.24, 2.45) is 0 Å². The minimum Gasteiger partial charge on any atom is -0.419 e. The Kier molecular flexibility index (Phi) is 5.56. The Morgan fingerprint density at radius 3 is 2.50 bits per heavy atom. The molecule has 1 rings (SSSR count). The first kappa shape index (κ1) is 13.3. The van der Waals surface area contributed by atoms with Crippen molar-refractivity contribution in [3.8, 4) is 0 Å². The van der Waals surface area contributed by atoms with Crippen LogP contribution in [-0.2, 0) is 4.43 Å². The van der Waals surface area contributed by atoms with E-state index in [-0.39, 0.29) is 15.4 Å². The Morgan fingerprint density at radius 2 is 1.88 bits per heavy atom. The van der Waals surface area contributed by atoms with E-state index in [0.29, 0.717) is 0 Å². The van der Waals surface area contributed by atoms with E-state index in [4.69, 9.17) is 4.43 Å². The third kappa shape index (κ3) is 6.64. The van der Waals surface area contributed by atoms with Gasteiger partial charge < -0.3 is 9.74 Å². The van der Waals surface area contributed by atoms with Crippen molar-refractivity contribution in [2.75, 3.05) is 11.9 Å². The molecule has 0 fully saturated rings. The highest BCUT2D eigenvalue weighted by Gasteiger charge is 2.08. The highest BCUT2D eigenvalue weighted by molar-refractivity contribution is 6.27. The van der Waals surface area contributed by atoms with Crippen LogP contribution in [0.15, 0.2) is 30.3 Å². The molecule has 0 heterocycles. The number of para-hydroxylation sites is 1. The van der Waals surface area contributed by atoms with Crippen LogP contribution in [0.5, 0.6) is 0 Å². The van der Waals surface area contributed by atoms with Gasteiger partial charge in [0.1, 0.15) is 0 Å². The van der Waals surface area contributed by atoms with E-state index >= 15 is 0 Å². The van der Waals surface area contributed by atoms with Gasteiger partial charge in [-0.1, -0.05) is 18.2 Å². The third-order valence-electron chi connectivity index (χ3n) is 2.21. The average Bonchev–Trinajstić information content (AvgIpc) is 2.23. The maximum atomic E-state index is 5.79. The fourth-order valence-corrected chi connectivity index (χ4v) is 2.60. The predicted octanol–water partition coefficient (Wildman–Crippen LogP) is 2.81. The number of rotatable bonds is 6. The Labute approximate surface area is 101 Å². The number of nitrogens with one attached hydrogen (secondary N) is 1. The van der Waals surface area contributed by atoms with Gasteiger partial charge in [0.2, 0.25) is 0 Å². The van der Waals surface area contributed by atoms with E-state index in [1.54, 1.807) is 0 Å². The fourth-order valence-electron chi connectivity index (χ4n) is 1.39. The van der Waals surface area contributed by atoms with E-state index < -0.39 is 0 Å². The molecule has 0 aliphatic rings. The molecule has 0 aromatic heterocycles. The Bertz CT molecular complexity index is 282. The summed E-state index contributed by atoms with van der Waals surface area (Å²) in [4.78, 5) is 0. The van der Waals surface area contributed by atoms with Crippen LogP contribution in [-0.4, -0.2) is 21.9 Å². The van der Waals surface area contributed by atoms with Gasteiger partial charge in [-0.3, -0.25) is 0 Å². The smallest absolute Gasteiger partial charge is 0.162 e. The zero-order valence-corrected chi connectivity index (χ0v) is 12.0. The average molecular weight is 237 g/mol. The monoisotopic (exact) mass is 237 g/mol. The molecule has 3 heteroatoms. The van der Waals surface area contributed by atoms with Crippen molar-refractivity contribution >= 4 is 15.5 Å². The topological polar surface area (TPSA) is 21.3 Å². The van der Waals surface area contributed by atoms with Crippen LogP contribution in [0.3, 0.4) is 0 Å². The maximum absolute atomic E-state index is 5.79. The van der Waals surface area contributed by atoms with Crippen molar-refractivity contribution in [3.63, 3.8) is 0 Å². The van der Waals surface area contributed by atoms with E-state index in [9.17, 15) is 0 Å². The van der Waals surface area contributed by atoms with E-state index in [1.807, 2.05) is 6.07 Å². The van der Waals surface area contributed by atoms with Crippen molar-refractivity contribution in [1.29, 1.82) is 0 Å². The lowest BCUT2D eigenvalue weighted by Crippen LogP contribution is -2.21. The lowest BCUT2D eigenvalue weighted by atomic mass is 10.2. The standard InChI is InChI=1S/C13H23NOSi/c1-13(2,3)15-16-11-7-10-14-12-8-5-4-6-9-12/h4-6,8-9,14H,7,10-11,16H2,1-3H3. The van der Waals surface area contributed by atoms with Gasteiger partial charge in [-0.25, -0.2) is 0 Å². The lowest BCUT2D eigenvalue weighted by Gasteiger charge is -2.19. The first-order chi connectivity index (χ1) is 7.58. The van der Waals surface area contributed by atoms with Gasteiger partial charge in [-0.2, -0.15) is 0 Å². The van der Waals surface area contributed by atoms with Gasteiger partial charge in [0.25, 0.3) is 0 Å². The SMILES string of the molecule is CC(C)(C)O[SiH2]CCCNc1ccccc1. The summed E-state index contributed by atoms with van der Waals surface area (Å²) in [7, 11) is -0.333. The minimum atomic E-state index is -0.333. The molecule has 0 atom stereocenters. The largest absolute Gasteiger partial charge is 0.419 e. The second kappa shape index (κ2) is 6.71. The highest BCUT2D eigenvalue weighted by atomic mass is 28.2. The third-order valence-corrected chi connectivity index (χ3v) is 4.07. The molecule has 1 aromatic carbocycles. The number of hydrogen-bond acceptors (Lipinski definition) is 2. The van der Waals surface area contributed by atoms with Gasteiger partial charge >= 0.3 is 0 Å². The predicted molar refractivity (Wildman–Crippen MR) is 73.7 cm³/mol. The summed E-state index contributed by atoms with van der Waals surface area (Å²) in [6, 6.07) is 11.6. The lowest BCUT2D eigenvalue weighted by molar-refractivity contribution is 0.138. The summed E-state index contributed by atoms with van der Waals surface area (Å²) in [5.41, 5.74) is 1.26. The Hall–Kier alpha value is -0.803. The number of hydrogen-bond donors (Lipinski definition) is 1. The van der Waals surface area contributed by atoms with E-state index in [0.717, 1.165) is 6.54 Å². The van der Waals surface area contributed by atoms with Crippen molar-refractivity contribution < 1.29 is 4.43 Å². The normalized spacial score (nSPS) is 12.2. The van der Waals surface area contributed by atoms with Gasteiger partial charge in [0, 0.05) is 17.8 Å². The summed E-state index contributed by atoms with van der Waals surface area (Å²) >= 11 is 0. The summed E-state index contributed by atoms with van der Waals surface area (Å²) in [5, 5.41) is 3.41. The van der Waals surface area contributed by atoms with Gasteiger partial charge in [-0.05, 0) is 45.4 Å². The first-order valence-corrected chi connectivity index (χ1v) is 7.58. The molecule has 90 valence electrons. The maximum Gasteiger partial charge on any atom is 0.162 e. The van der Waals surface area contributed by atoms with Crippen molar-refractivity contribution in [2.45, 2.75) is 38.8 Å². The van der Waals surface area contributed by atoms with Gasteiger partial charge in [0.05, 0.1) is 0 Å². The molecule has 0 saturated heterocycles. The van der Waals surface area contributed by atoms with Crippen LogP contribution in [0, 0.1) is 0 Å². The van der Waals surface area contributed by atoms with Crippen molar-refractivity contribution in [3.05, 3.63) is 30.3 Å². The second-order valence-electron chi connectivity index (χ2n) is 4.96. The van der Waals surface area contributed by atoms with E-state index in [1.165, 1.54) is 18.2 Å². The quantitative estimate of drug-likeness (QED) is 0.607. The molecule has 1 N–H and O–H groups in total. The molecule has 0 amide bonds. The summed E-state index contributed by atoms with van der Waals surface area (Å²) in [6.07, 6.45) is 1.21. The molecular formula is C13H23NOSi. The molecule has 0 spiro atoms. The Morgan fingerprint density at radius 1 is 1.19 bits per heavy atom. The summed E-state index contributed by atoms with van der Waals surface area (Å²) < 4.78 is 5.79. The first-order valence-electron chi connectivity index (χ1n) is 6.01. The molecule has 2 nitrogen and oxygen atoms in total. The molecule has 16 heavy (non-hydrogen) atoms. The fraction of sp³-hybridized carbons (Fsp3) is 0.538. The zero-order chi connectivity index (χ0) is 11.9. The van der Waals surface area contributed by atoms with Crippen LogP contribution >= 0.6 is 0 Å².